The van der Waals surface area contributed by atoms with Crippen LogP contribution in [0.15, 0.2) is 18.2 Å². The molecule has 2 rings (SSSR count). The van der Waals surface area contributed by atoms with Crippen molar-refractivity contribution in [2.45, 2.75) is 38.3 Å². The van der Waals surface area contributed by atoms with Crippen molar-refractivity contribution in [3.8, 4) is 0 Å². The second-order valence-electron chi connectivity index (χ2n) is 5.49. The van der Waals surface area contributed by atoms with Crippen LogP contribution in [0.25, 0.3) is 0 Å². The van der Waals surface area contributed by atoms with Crippen molar-refractivity contribution in [3.05, 3.63) is 34.9 Å². The molecule has 1 unspecified atom stereocenters. The third kappa shape index (κ3) is 3.74. The number of aliphatic hydroxyl groups is 1. The molecule has 1 atom stereocenters. The van der Waals surface area contributed by atoms with Crippen LogP contribution in [0.1, 0.15) is 30.0 Å². The van der Waals surface area contributed by atoms with Crippen LogP contribution < -0.4 is 5.32 Å². The molecule has 1 aliphatic carbocycles. The fourth-order valence-electron chi connectivity index (χ4n) is 2.57. The molecule has 1 aromatic rings. The normalized spacial score (nSPS) is 17.5. The monoisotopic (exact) mass is 265 g/mol. The molecule has 1 aromatic carbocycles. The number of benzene rings is 1. The predicted octanol–water partition coefficient (Wildman–Crippen LogP) is 2.38. The lowest BCUT2D eigenvalue weighted by molar-refractivity contribution is 0.0846. The Hall–Kier alpha value is -0.510. The van der Waals surface area contributed by atoms with Crippen molar-refractivity contribution in [3.63, 3.8) is 0 Å². The van der Waals surface area contributed by atoms with Crippen LogP contribution in [0.5, 0.6) is 0 Å². The zero-order valence-electron chi connectivity index (χ0n) is 11.3. The first kappa shape index (κ1) is 13.9. The molecule has 0 aromatic heterocycles. The number of aryl methyl sites for hydroxylation is 2. The topological polar surface area (TPSA) is 32.3 Å². The summed E-state index contributed by atoms with van der Waals surface area (Å²) in [6.45, 7) is 3.38. The van der Waals surface area contributed by atoms with Gasteiger partial charge in [0.15, 0.2) is 0 Å². The SMILES string of the molecule is CSCC(C)(O)CNCc1ccc2c(c1)CCC2. The minimum Gasteiger partial charge on any atom is -0.388 e. The number of hydrogen-bond donors (Lipinski definition) is 2. The Morgan fingerprint density at radius 1 is 1.33 bits per heavy atom. The first-order chi connectivity index (χ1) is 8.61. The van der Waals surface area contributed by atoms with Crippen LogP contribution in [0.3, 0.4) is 0 Å². The Morgan fingerprint density at radius 3 is 2.89 bits per heavy atom. The molecule has 0 saturated carbocycles. The summed E-state index contributed by atoms with van der Waals surface area (Å²) in [7, 11) is 0. The first-order valence-corrected chi connectivity index (χ1v) is 8.03. The van der Waals surface area contributed by atoms with Crippen LogP contribution in [0.4, 0.5) is 0 Å². The zero-order chi connectivity index (χ0) is 13.0. The van der Waals surface area contributed by atoms with Gasteiger partial charge in [0.05, 0.1) is 5.60 Å². The minimum atomic E-state index is -0.615. The molecule has 0 bridgehead atoms. The Morgan fingerprint density at radius 2 is 2.11 bits per heavy atom. The molecule has 0 heterocycles. The number of rotatable bonds is 6. The summed E-state index contributed by atoms with van der Waals surface area (Å²) in [5.74, 6) is 0.768. The van der Waals surface area contributed by atoms with Gasteiger partial charge in [0.1, 0.15) is 0 Å². The maximum Gasteiger partial charge on any atom is 0.0833 e. The van der Waals surface area contributed by atoms with Gasteiger partial charge in [-0.3, -0.25) is 0 Å². The van der Waals surface area contributed by atoms with E-state index >= 15 is 0 Å². The maximum absolute atomic E-state index is 10.1. The summed E-state index contributed by atoms with van der Waals surface area (Å²) in [5, 5.41) is 13.4. The zero-order valence-corrected chi connectivity index (χ0v) is 12.1. The lowest BCUT2D eigenvalue weighted by Crippen LogP contribution is -2.39. The lowest BCUT2D eigenvalue weighted by atomic mass is 10.1. The van der Waals surface area contributed by atoms with E-state index in [1.807, 2.05) is 13.2 Å². The highest BCUT2D eigenvalue weighted by molar-refractivity contribution is 7.98. The Balaban J connectivity index is 1.84. The van der Waals surface area contributed by atoms with Crippen LogP contribution in [0, 0.1) is 0 Å². The molecule has 0 aliphatic heterocycles. The number of thioether (sulfide) groups is 1. The summed E-state index contributed by atoms with van der Waals surface area (Å²) in [5.41, 5.74) is 3.75. The third-order valence-corrected chi connectivity index (χ3v) is 4.36. The highest BCUT2D eigenvalue weighted by Crippen LogP contribution is 2.22. The summed E-state index contributed by atoms with van der Waals surface area (Å²) in [6.07, 6.45) is 5.79. The molecule has 3 heteroatoms. The number of hydrogen-bond acceptors (Lipinski definition) is 3. The van der Waals surface area contributed by atoms with E-state index < -0.39 is 5.60 Å². The van der Waals surface area contributed by atoms with Gasteiger partial charge in [-0.05, 0) is 49.1 Å². The molecular formula is C15H23NOS. The average Bonchev–Trinajstić information content (AvgIpc) is 2.75. The van der Waals surface area contributed by atoms with Gasteiger partial charge in [0.2, 0.25) is 0 Å². The second-order valence-corrected chi connectivity index (χ2v) is 6.36. The highest BCUT2D eigenvalue weighted by Gasteiger charge is 2.18. The summed E-state index contributed by atoms with van der Waals surface area (Å²) in [6, 6.07) is 6.79. The first-order valence-electron chi connectivity index (χ1n) is 6.63. The van der Waals surface area contributed by atoms with Crippen LogP contribution >= 0.6 is 11.8 Å². The average molecular weight is 265 g/mol. The second kappa shape index (κ2) is 6.09. The largest absolute Gasteiger partial charge is 0.388 e. The van der Waals surface area contributed by atoms with Crippen LogP contribution in [0.2, 0.25) is 0 Å². The van der Waals surface area contributed by atoms with E-state index in [2.05, 4.69) is 23.5 Å². The highest BCUT2D eigenvalue weighted by atomic mass is 32.2. The molecule has 0 radical (unpaired) electrons. The fraction of sp³-hybridized carbons (Fsp3) is 0.600. The number of nitrogens with one attached hydrogen (secondary N) is 1. The van der Waals surface area contributed by atoms with E-state index in [0.29, 0.717) is 6.54 Å². The van der Waals surface area contributed by atoms with Crippen molar-refractivity contribution >= 4 is 11.8 Å². The predicted molar refractivity (Wildman–Crippen MR) is 79.2 cm³/mol. The van der Waals surface area contributed by atoms with Gasteiger partial charge in [-0.2, -0.15) is 11.8 Å². The molecule has 2 nitrogen and oxygen atoms in total. The Labute approximate surface area is 114 Å². The molecule has 2 N–H and O–H groups in total. The van der Waals surface area contributed by atoms with Gasteiger partial charge in [-0.1, -0.05) is 18.2 Å². The van der Waals surface area contributed by atoms with Gasteiger partial charge in [0, 0.05) is 18.8 Å². The molecule has 18 heavy (non-hydrogen) atoms. The summed E-state index contributed by atoms with van der Waals surface area (Å²) in [4.78, 5) is 0. The molecule has 0 saturated heterocycles. The molecule has 100 valence electrons. The van der Waals surface area contributed by atoms with Crippen molar-refractivity contribution < 1.29 is 5.11 Å². The van der Waals surface area contributed by atoms with Crippen LogP contribution in [-0.4, -0.2) is 29.3 Å². The Kier molecular flexibility index (Phi) is 4.71. The van der Waals surface area contributed by atoms with Gasteiger partial charge in [0.25, 0.3) is 0 Å². The van der Waals surface area contributed by atoms with Crippen molar-refractivity contribution in [1.29, 1.82) is 0 Å². The van der Waals surface area contributed by atoms with Gasteiger partial charge >= 0.3 is 0 Å². The molecule has 0 spiro atoms. The summed E-state index contributed by atoms with van der Waals surface area (Å²) >= 11 is 1.68. The molecular weight excluding hydrogens is 242 g/mol. The van der Waals surface area contributed by atoms with E-state index in [9.17, 15) is 5.11 Å². The van der Waals surface area contributed by atoms with Gasteiger partial charge in [-0.15, -0.1) is 0 Å². The van der Waals surface area contributed by atoms with Crippen molar-refractivity contribution in [2.75, 3.05) is 18.6 Å². The Bertz CT molecular complexity index is 403. The number of fused-ring (bicyclic) bond motifs is 1. The van der Waals surface area contributed by atoms with Crippen LogP contribution in [-0.2, 0) is 19.4 Å². The lowest BCUT2D eigenvalue weighted by Gasteiger charge is -2.22. The van der Waals surface area contributed by atoms with E-state index in [4.69, 9.17) is 0 Å². The van der Waals surface area contributed by atoms with Crippen molar-refractivity contribution in [1.82, 2.24) is 5.32 Å². The standard InChI is InChI=1S/C15H23NOS/c1-15(17,11-18-2)10-16-9-12-6-7-13-4-3-5-14(13)8-12/h6-8,16-17H,3-5,9-11H2,1-2H3. The smallest absolute Gasteiger partial charge is 0.0833 e. The molecule has 0 amide bonds. The van der Waals surface area contributed by atoms with E-state index in [1.54, 1.807) is 11.8 Å². The van der Waals surface area contributed by atoms with Crippen molar-refractivity contribution in [2.24, 2.45) is 0 Å². The minimum absolute atomic E-state index is 0.615. The fourth-order valence-corrected chi connectivity index (χ4v) is 3.30. The summed E-state index contributed by atoms with van der Waals surface area (Å²) < 4.78 is 0. The quantitative estimate of drug-likeness (QED) is 0.828. The van der Waals surface area contributed by atoms with Gasteiger partial charge < -0.3 is 10.4 Å². The van der Waals surface area contributed by atoms with E-state index in [0.717, 1.165) is 12.3 Å². The maximum atomic E-state index is 10.1. The van der Waals surface area contributed by atoms with E-state index in [-0.39, 0.29) is 0 Å². The van der Waals surface area contributed by atoms with E-state index in [1.165, 1.54) is 36.0 Å². The molecule has 1 aliphatic rings. The van der Waals surface area contributed by atoms with Gasteiger partial charge in [-0.25, -0.2) is 0 Å². The molecule has 0 fully saturated rings. The third-order valence-electron chi connectivity index (χ3n) is 3.45.